The van der Waals surface area contributed by atoms with Crippen molar-refractivity contribution < 1.29 is 22.9 Å². The maximum atomic E-state index is 15.2. The van der Waals surface area contributed by atoms with E-state index >= 15 is 4.39 Å². The van der Waals surface area contributed by atoms with Crippen LogP contribution in [-0.2, 0) is 24.7 Å². The molecule has 2 aromatic carbocycles. The molecule has 38 heavy (non-hydrogen) atoms. The molecule has 2 fully saturated rings. The van der Waals surface area contributed by atoms with E-state index in [2.05, 4.69) is 17.5 Å². The highest BCUT2D eigenvalue weighted by molar-refractivity contribution is 7.98. The molecule has 0 aromatic heterocycles. The second-order valence-electron chi connectivity index (χ2n) is 11.0. The van der Waals surface area contributed by atoms with E-state index in [-0.39, 0.29) is 29.5 Å². The van der Waals surface area contributed by atoms with Crippen molar-refractivity contribution in [3.63, 3.8) is 0 Å². The lowest BCUT2D eigenvalue weighted by Gasteiger charge is -2.30. The molecule has 1 N–H and O–H groups in total. The highest BCUT2D eigenvalue weighted by atomic mass is 32.2. The van der Waals surface area contributed by atoms with E-state index in [9.17, 15) is 9.00 Å². The smallest absolute Gasteiger partial charge is 0.241 e. The maximum Gasteiger partial charge on any atom is 0.241 e. The molecule has 2 unspecified atom stereocenters. The van der Waals surface area contributed by atoms with E-state index in [4.69, 9.17) is 9.53 Å². The third-order valence-corrected chi connectivity index (χ3v) is 9.72. The first-order chi connectivity index (χ1) is 18.1. The lowest BCUT2D eigenvalue weighted by molar-refractivity contribution is -0.123. The Kier molecular flexibility index (Phi) is 9.80. The molecule has 3 atom stereocenters. The molecule has 7 heteroatoms. The summed E-state index contributed by atoms with van der Waals surface area (Å²) in [7, 11) is -2.70. The topological polar surface area (TPSA) is 72.5 Å². The molecule has 1 amide bonds. The van der Waals surface area contributed by atoms with Crippen LogP contribution in [-0.4, -0.2) is 34.6 Å². The standard InChI is InChI=1S/C30H40FNO3S.CH2O/c1-6-20-14-16-23(18-20)35-27-17-15-22(30(3,4)29(33)32-36(5,34)7-2)19-25(27)24-12-9-13-26(31)28(24)21-10-8-11-21;1-2/h9,12-13,15,17,19-21,23H,5-8,10-11,14,16,18H2,1-4H3,(H,32,33,34);1H2/t20-,23?,36?;/m1./s1. The second kappa shape index (κ2) is 12.5. The van der Waals surface area contributed by atoms with Gasteiger partial charge in [-0.25, -0.2) is 8.60 Å². The van der Waals surface area contributed by atoms with Gasteiger partial charge >= 0.3 is 0 Å². The second-order valence-corrected chi connectivity index (χ2v) is 13.4. The van der Waals surface area contributed by atoms with E-state index in [1.807, 2.05) is 44.9 Å². The summed E-state index contributed by atoms with van der Waals surface area (Å²) in [5.74, 6) is 5.02. The number of nitrogens with one attached hydrogen (secondary N) is 1. The summed E-state index contributed by atoms with van der Waals surface area (Å²) in [5.41, 5.74) is 2.20. The number of carbonyl (C=O) groups excluding carboxylic acids is 2. The summed E-state index contributed by atoms with van der Waals surface area (Å²) in [6.45, 7) is 9.59. The summed E-state index contributed by atoms with van der Waals surface area (Å²) >= 11 is 0. The van der Waals surface area contributed by atoms with Crippen LogP contribution < -0.4 is 9.46 Å². The number of rotatable bonds is 9. The molecule has 0 bridgehead atoms. The van der Waals surface area contributed by atoms with E-state index in [0.717, 1.165) is 72.9 Å². The zero-order chi connectivity index (χ0) is 28.1. The minimum atomic E-state index is -2.70. The molecule has 2 aromatic rings. The monoisotopic (exact) mass is 543 g/mol. The average molecular weight is 544 g/mol. The molecule has 0 aliphatic heterocycles. The number of halogens is 1. The fourth-order valence-electron chi connectivity index (χ4n) is 5.30. The fourth-order valence-corrected chi connectivity index (χ4v) is 6.04. The lowest BCUT2D eigenvalue weighted by Crippen LogP contribution is -2.43. The SMILES string of the molecule is C=O.C=S(=O)(CC)NC(=O)C(C)(C)c1ccc(OC2CC[C@@H](CC)C2)c(-c2cccc(F)c2C2CCC2)c1. The quantitative estimate of drug-likeness (QED) is 0.363. The van der Waals surface area contributed by atoms with Gasteiger partial charge in [0.1, 0.15) is 18.4 Å². The van der Waals surface area contributed by atoms with E-state index in [0.29, 0.717) is 5.92 Å². The molecule has 2 saturated carbocycles. The summed E-state index contributed by atoms with van der Waals surface area (Å²) in [5, 5.41) is 0. The lowest BCUT2D eigenvalue weighted by atomic mass is 9.76. The Labute approximate surface area is 227 Å². The fraction of sp³-hybridized carbons (Fsp3) is 0.516. The van der Waals surface area contributed by atoms with Crippen LogP contribution in [0.2, 0.25) is 0 Å². The van der Waals surface area contributed by atoms with E-state index in [1.54, 1.807) is 13.0 Å². The number of hydrogen-bond acceptors (Lipinski definition) is 4. The van der Waals surface area contributed by atoms with Gasteiger partial charge in [-0.3, -0.25) is 9.52 Å². The highest BCUT2D eigenvalue weighted by Crippen LogP contribution is 2.46. The zero-order valence-electron chi connectivity index (χ0n) is 23.2. The molecule has 5 nitrogen and oxygen atoms in total. The van der Waals surface area contributed by atoms with Crippen molar-refractivity contribution in [2.75, 3.05) is 5.75 Å². The van der Waals surface area contributed by atoms with Crippen LogP contribution in [0.25, 0.3) is 11.1 Å². The van der Waals surface area contributed by atoms with Crippen LogP contribution in [0.15, 0.2) is 36.4 Å². The Morgan fingerprint density at radius 1 is 1.11 bits per heavy atom. The van der Waals surface area contributed by atoms with Crippen molar-refractivity contribution in [3.05, 3.63) is 53.3 Å². The molecule has 2 aliphatic rings. The van der Waals surface area contributed by atoms with Crippen LogP contribution in [0.1, 0.15) is 89.7 Å². The number of ether oxygens (including phenoxy) is 1. The average Bonchev–Trinajstić information content (AvgIpc) is 3.33. The Bertz CT molecular complexity index is 1240. The van der Waals surface area contributed by atoms with Crippen LogP contribution >= 0.6 is 0 Å². The molecular weight excluding hydrogens is 501 g/mol. The zero-order valence-corrected chi connectivity index (χ0v) is 24.0. The largest absolute Gasteiger partial charge is 0.490 e. The van der Waals surface area contributed by atoms with Crippen LogP contribution in [0.5, 0.6) is 5.75 Å². The van der Waals surface area contributed by atoms with Gasteiger partial charge in [0.25, 0.3) is 0 Å². The van der Waals surface area contributed by atoms with Gasteiger partial charge in [0.15, 0.2) is 0 Å². The van der Waals surface area contributed by atoms with Gasteiger partial charge in [0.2, 0.25) is 5.91 Å². The molecule has 2 aliphatic carbocycles. The van der Waals surface area contributed by atoms with Crippen molar-refractivity contribution in [3.8, 4) is 16.9 Å². The van der Waals surface area contributed by atoms with E-state index < -0.39 is 15.1 Å². The van der Waals surface area contributed by atoms with Crippen molar-refractivity contribution >= 4 is 28.3 Å². The minimum Gasteiger partial charge on any atom is -0.490 e. The Morgan fingerprint density at radius 2 is 1.82 bits per heavy atom. The van der Waals surface area contributed by atoms with Crippen molar-refractivity contribution in [1.29, 1.82) is 0 Å². The number of hydrogen-bond donors (Lipinski definition) is 1. The normalized spacial score (nSPS) is 21.0. The minimum absolute atomic E-state index is 0.136. The summed E-state index contributed by atoms with van der Waals surface area (Å²) in [4.78, 5) is 21.2. The summed E-state index contributed by atoms with van der Waals surface area (Å²) < 4.78 is 36.9. The first-order valence-electron chi connectivity index (χ1n) is 13.6. The highest BCUT2D eigenvalue weighted by Gasteiger charge is 2.34. The summed E-state index contributed by atoms with van der Waals surface area (Å²) in [6, 6.07) is 11.1. The van der Waals surface area contributed by atoms with Gasteiger partial charge in [-0.15, -0.1) is 0 Å². The summed E-state index contributed by atoms with van der Waals surface area (Å²) in [6.07, 6.45) is 7.56. The van der Waals surface area contributed by atoms with E-state index in [1.165, 1.54) is 6.07 Å². The van der Waals surface area contributed by atoms with Crippen LogP contribution in [0.4, 0.5) is 4.39 Å². The molecule has 0 radical (unpaired) electrons. The first kappa shape index (κ1) is 29.9. The predicted molar refractivity (Wildman–Crippen MR) is 155 cm³/mol. The molecule has 0 spiro atoms. The van der Waals surface area contributed by atoms with Gasteiger partial charge in [-0.2, -0.15) is 0 Å². The number of carbonyl (C=O) groups is 2. The third-order valence-electron chi connectivity index (χ3n) is 8.23. The molecule has 0 saturated heterocycles. The number of benzene rings is 2. The third kappa shape index (κ3) is 6.48. The van der Waals surface area contributed by atoms with Gasteiger partial charge < -0.3 is 9.53 Å². The maximum absolute atomic E-state index is 15.2. The Balaban J connectivity index is 0.00000195. The van der Waals surface area contributed by atoms with Crippen LogP contribution in [0, 0.1) is 11.7 Å². The van der Waals surface area contributed by atoms with Crippen LogP contribution in [0.3, 0.4) is 0 Å². The van der Waals surface area contributed by atoms with Crippen molar-refractivity contribution in [1.82, 2.24) is 4.72 Å². The predicted octanol–water partition coefficient (Wildman–Crippen LogP) is 6.58. The van der Waals surface area contributed by atoms with Gasteiger partial charge in [0, 0.05) is 21.0 Å². The number of amides is 1. The van der Waals surface area contributed by atoms with Gasteiger partial charge in [0.05, 0.1) is 11.5 Å². The van der Waals surface area contributed by atoms with Gasteiger partial charge in [-0.1, -0.05) is 44.9 Å². The Hall–Kier alpha value is -2.67. The van der Waals surface area contributed by atoms with Crippen molar-refractivity contribution in [2.24, 2.45) is 5.92 Å². The molecular formula is C31H42FNO4S. The first-order valence-corrected chi connectivity index (χ1v) is 15.5. The Morgan fingerprint density at radius 3 is 2.39 bits per heavy atom. The molecule has 208 valence electrons. The molecule has 4 rings (SSSR count). The van der Waals surface area contributed by atoms with Crippen molar-refractivity contribution in [2.45, 2.75) is 90.1 Å². The van der Waals surface area contributed by atoms with Gasteiger partial charge in [-0.05, 0) is 98.5 Å². The molecule has 0 heterocycles.